The molecular weight excluding hydrogens is 276 g/mol. The van der Waals surface area contributed by atoms with Gasteiger partial charge in [0, 0.05) is 0 Å². The van der Waals surface area contributed by atoms with Crippen molar-refractivity contribution in [3.05, 3.63) is 0 Å². The molecule has 2 N–H and O–H groups in total. The molecule has 0 bridgehead atoms. The molecule has 1 aliphatic heterocycles. The first-order chi connectivity index (χ1) is 9.93. The first-order valence-corrected chi connectivity index (χ1v) is 7.36. The second-order valence-electron chi connectivity index (χ2n) is 5.38. The SMILES string of the molecule is CCCC1(C(=O)O)CCN(CC(=O)NC(=O)OCC)CC1. The lowest BCUT2D eigenvalue weighted by Crippen LogP contribution is -2.48. The van der Waals surface area contributed by atoms with Gasteiger partial charge in [0.25, 0.3) is 0 Å². The number of hydrogen-bond acceptors (Lipinski definition) is 5. The monoisotopic (exact) mass is 300 g/mol. The number of nitrogens with zero attached hydrogens (tertiary/aromatic N) is 1. The highest BCUT2D eigenvalue weighted by molar-refractivity contribution is 5.92. The topological polar surface area (TPSA) is 95.9 Å². The number of ether oxygens (including phenoxy) is 1. The van der Waals surface area contributed by atoms with E-state index < -0.39 is 23.4 Å². The lowest BCUT2D eigenvalue weighted by Gasteiger charge is -2.38. The third kappa shape index (κ3) is 5.00. The van der Waals surface area contributed by atoms with E-state index in [-0.39, 0.29) is 13.2 Å². The maximum absolute atomic E-state index is 11.6. The van der Waals surface area contributed by atoms with Gasteiger partial charge in [-0.2, -0.15) is 0 Å². The first-order valence-electron chi connectivity index (χ1n) is 7.36. The molecule has 0 saturated carbocycles. The highest BCUT2D eigenvalue weighted by atomic mass is 16.5. The summed E-state index contributed by atoms with van der Waals surface area (Å²) >= 11 is 0. The van der Waals surface area contributed by atoms with Crippen molar-refractivity contribution in [2.75, 3.05) is 26.2 Å². The van der Waals surface area contributed by atoms with E-state index in [1.54, 1.807) is 6.92 Å². The molecule has 0 aliphatic carbocycles. The zero-order valence-corrected chi connectivity index (χ0v) is 12.7. The number of aliphatic carboxylic acids is 1. The highest BCUT2D eigenvalue weighted by Gasteiger charge is 2.40. The Bertz CT molecular complexity index is 389. The average Bonchev–Trinajstić information content (AvgIpc) is 2.41. The number of likely N-dealkylation sites (tertiary alicyclic amines) is 1. The van der Waals surface area contributed by atoms with Gasteiger partial charge in [-0.1, -0.05) is 13.3 Å². The standard InChI is InChI=1S/C14H24N2O5/c1-3-5-14(12(18)19)6-8-16(9-7-14)10-11(17)15-13(20)21-4-2/h3-10H2,1-2H3,(H,18,19)(H,15,17,20). The third-order valence-corrected chi connectivity index (χ3v) is 3.88. The van der Waals surface area contributed by atoms with E-state index in [4.69, 9.17) is 0 Å². The van der Waals surface area contributed by atoms with Crippen LogP contribution in [0, 0.1) is 5.41 Å². The van der Waals surface area contributed by atoms with Crippen molar-refractivity contribution in [2.24, 2.45) is 5.41 Å². The van der Waals surface area contributed by atoms with Crippen LogP contribution in [0.5, 0.6) is 0 Å². The molecule has 1 heterocycles. The summed E-state index contributed by atoms with van der Waals surface area (Å²) in [6.45, 7) is 5.02. The van der Waals surface area contributed by atoms with E-state index in [0.717, 1.165) is 6.42 Å². The van der Waals surface area contributed by atoms with E-state index >= 15 is 0 Å². The molecule has 7 nitrogen and oxygen atoms in total. The minimum atomic E-state index is -0.750. The van der Waals surface area contributed by atoms with Crippen LogP contribution >= 0.6 is 0 Å². The molecule has 0 aromatic carbocycles. The van der Waals surface area contributed by atoms with Crippen molar-refractivity contribution >= 4 is 18.0 Å². The fraction of sp³-hybridized carbons (Fsp3) is 0.786. The van der Waals surface area contributed by atoms with Crippen molar-refractivity contribution in [1.29, 1.82) is 0 Å². The largest absolute Gasteiger partial charge is 0.481 e. The fourth-order valence-electron chi connectivity index (χ4n) is 2.71. The normalized spacial score (nSPS) is 18.0. The van der Waals surface area contributed by atoms with Crippen molar-refractivity contribution in [3.8, 4) is 0 Å². The van der Waals surface area contributed by atoms with Gasteiger partial charge in [0.2, 0.25) is 5.91 Å². The van der Waals surface area contributed by atoms with Crippen molar-refractivity contribution in [2.45, 2.75) is 39.5 Å². The quantitative estimate of drug-likeness (QED) is 0.766. The van der Waals surface area contributed by atoms with Crippen LogP contribution in [0.3, 0.4) is 0 Å². The number of carboxylic acids is 1. The fourth-order valence-corrected chi connectivity index (χ4v) is 2.71. The maximum Gasteiger partial charge on any atom is 0.413 e. The van der Waals surface area contributed by atoms with Gasteiger partial charge < -0.3 is 9.84 Å². The molecule has 0 aromatic heterocycles. The minimum Gasteiger partial charge on any atom is -0.481 e. The highest BCUT2D eigenvalue weighted by Crippen LogP contribution is 2.36. The van der Waals surface area contributed by atoms with Crippen molar-refractivity contribution in [1.82, 2.24) is 10.2 Å². The van der Waals surface area contributed by atoms with Gasteiger partial charge >= 0.3 is 12.1 Å². The molecule has 2 amide bonds. The Morgan fingerprint density at radius 2 is 1.86 bits per heavy atom. The van der Waals surface area contributed by atoms with Crippen LogP contribution in [0.2, 0.25) is 0 Å². The summed E-state index contributed by atoms with van der Waals surface area (Å²) in [6.07, 6.45) is 1.80. The number of hydrogen-bond donors (Lipinski definition) is 2. The van der Waals surface area contributed by atoms with Crippen LogP contribution in [0.15, 0.2) is 0 Å². The number of alkyl carbamates (subject to hydrolysis) is 1. The molecule has 1 rings (SSSR count). The van der Waals surface area contributed by atoms with Crippen molar-refractivity contribution in [3.63, 3.8) is 0 Å². The van der Waals surface area contributed by atoms with Crippen LogP contribution in [-0.2, 0) is 14.3 Å². The Hall–Kier alpha value is -1.63. The summed E-state index contributed by atoms with van der Waals surface area (Å²) in [5.74, 6) is -1.17. The molecule has 0 aromatic rings. The molecule has 21 heavy (non-hydrogen) atoms. The molecule has 1 aliphatic rings. The average molecular weight is 300 g/mol. The van der Waals surface area contributed by atoms with E-state index in [1.807, 2.05) is 11.8 Å². The van der Waals surface area contributed by atoms with Gasteiger partial charge in [0.05, 0.1) is 18.6 Å². The smallest absolute Gasteiger partial charge is 0.413 e. The number of piperidine rings is 1. The maximum atomic E-state index is 11.6. The van der Waals surface area contributed by atoms with E-state index in [0.29, 0.717) is 32.4 Å². The molecule has 7 heteroatoms. The first kappa shape index (κ1) is 17.4. The minimum absolute atomic E-state index is 0.0840. The second-order valence-corrected chi connectivity index (χ2v) is 5.38. The number of amides is 2. The summed E-state index contributed by atoms with van der Waals surface area (Å²) in [5.41, 5.74) is -0.664. The van der Waals surface area contributed by atoms with Gasteiger partial charge in [0.15, 0.2) is 0 Å². The van der Waals surface area contributed by atoms with Gasteiger partial charge in [-0.25, -0.2) is 4.79 Å². The second kappa shape index (κ2) is 7.97. The summed E-state index contributed by atoms with van der Waals surface area (Å²) in [7, 11) is 0. The molecule has 120 valence electrons. The molecule has 0 unspecified atom stereocenters. The Kier molecular flexibility index (Phi) is 6.61. The van der Waals surface area contributed by atoms with Crippen LogP contribution in [0.4, 0.5) is 4.79 Å². The molecule has 0 radical (unpaired) electrons. The number of imide groups is 1. The van der Waals surface area contributed by atoms with Crippen LogP contribution in [0.25, 0.3) is 0 Å². The predicted octanol–water partition coefficient (Wildman–Crippen LogP) is 1.23. The lowest BCUT2D eigenvalue weighted by atomic mass is 9.75. The Morgan fingerprint density at radius 1 is 1.24 bits per heavy atom. The summed E-state index contributed by atoms with van der Waals surface area (Å²) in [6, 6.07) is 0. The number of nitrogens with one attached hydrogen (secondary N) is 1. The zero-order chi connectivity index (χ0) is 15.9. The zero-order valence-electron chi connectivity index (χ0n) is 12.7. The Labute approximate surface area is 124 Å². The van der Waals surface area contributed by atoms with Gasteiger partial charge in [-0.3, -0.25) is 19.8 Å². The van der Waals surface area contributed by atoms with Crippen molar-refractivity contribution < 1.29 is 24.2 Å². The van der Waals surface area contributed by atoms with E-state index in [1.165, 1.54) is 0 Å². The van der Waals surface area contributed by atoms with Crippen LogP contribution in [0.1, 0.15) is 39.5 Å². The summed E-state index contributed by atoms with van der Waals surface area (Å²) < 4.78 is 4.63. The number of carbonyl (C=O) groups is 3. The van der Waals surface area contributed by atoms with E-state index in [9.17, 15) is 19.5 Å². The van der Waals surface area contributed by atoms with Gasteiger partial charge in [0.1, 0.15) is 0 Å². The molecule has 1 saturated heterocycles. The van der Waals surface area contributed by atoms with E-state index in [2.05, 4.69) is 10.1 Å². The summed E-state index contributed by atoms with van der Waals surface area (Å²) in [5, 5.41) is 11.5. The summed E-state index contributed by atoms with van der Waals surface area (Å²) in [4.78, 5) is 36.1. The molecule has 0 atom stereocenters. The third-order valence-electron chi connectivity index (χ3n) is 3.88. The van der Waals surface area contributed by atoms with Crippen LogP contribution in [-0.4, -0.2) is 54.2 Å². The number of rotatable bonds is 6. The van der Waals surface area contributed by atoms with Gasteiger partial charge in [-0.05, 0) is 39.3 Å². The Balaban J connectivity index is 2.44. The molecule has 0 spiro atoms. The molecular formula is C14H24N2O5. The lowest BCUT2D eigenvalue weighted by molar-refractivity contribution is -0.152. The van der Waals surface area contributed by atoms with Crippen LogP contribution < -0.4 is 5.32 Å². The predicted molar refractivity (Wildman–Crippen MR) is 75.8 cm³/mol. The number of carbonyl (C=O) groups excluding carboxylic acids is 2. The Morgan fingerprint density at radius 3 is 2.33 bits per heavy atom. The molecule has 1 fully saturated rings. The number of carboxylic acid groups (broad SMARTS) is 1. The van der Waals surface area contributed by atoms with Gasteiger partial charge in [-0.15, -0.1) is 0 Å².